The predicted molar refractivity (Wildman–Crippen MR) is 288 cm³/mol. The average Bonchev–Trinajstić information content (AvgIpc) is 3.49. The van der Waals surface area contributed by atoms with Crippen molar-refractivity contribution >= 4 is 32.3 Å². The highest BCUT2D eigenvalue weighted by atomic mass is 19.2. The predicted octanol–water partition coefficient (Wildman–Crippen LogP) is 17.0. The van der Waals surface area contributed by atoms with Crippen molar-refractivity contribution in [2.45, 2.75) is 40.0 Å². The Morgan fingerprint density at radius 3 is 1.10 bits per heavy atom. The van der Waals surface area contributed by atoms with E-state index in [-0.39, 0.29) is 81.2 Å². The fourth-order valence-electron chi connectivity index (χ4n) is 8.55. The first-order valence-electron chi connectivity index (χ1n) is 25.0. The van der Waals surface area contributed by atoms with E-state index in [4.69, 9.17) is 28.4 Å². The van der Waals surface area contributed by atoms with Crippen LogP contribution in [0.25, 0.3) is 65.7 Å². The standard InChI is InChI=1S/C22H21F3O2.C21H19F3O2.C20H17F3O2/c1-3-11-27-17-7-4-14(5-8-17)18-9-6-15-13-16(10-12-26-2)20(23)22(25)19(15)21(18)24;1-12(2)11-26-15-7-4-13(5-8-15)16-9-6-14-10-17(25-3)20(23)21(24)18(14)19(16)22;1-24-10-9-14-11-13-5-8-16(12-3-6-15(25-2)7-4-12)19(22)17(13)20(23)18(14)21/h4-9,13H,3,10-12H2,1-2H3;4-10,12H,11H2,1-3H3;3-8,11H,9-10H2,1-2H3. The topological polar surface area (TPSA) is 55.4 Å². The number of hydrogen-bond donors (Lipinski definition) is 0. The minimum Gasteiger partial charge on any atom is -0.497 e. The van der Waals surface area contributed by atoms with Crippen molar-refractivity contribution in [2.75, 3.05) is 54.9 Å². The number of methoxy groups -OCH3 is 4. The van der Waals surface area contributed by atoms with E-state index in [1.807, 2.05) is 20.8 Å². The quantitative estimate of drug-likeness (QED) is 0.0847. The summed E-state index contributed by atoms with van der Waals surface area (Å²) >= 11 is 0. The molecule has 0 aliphatic heterocycles. The highest BCUT2D eigenvalue weighted by Gasteiger charge is 2.23. The molecule has 78 heavy (non-hydrogen) atoms. The Hall–Kier alpha value is -7.75. The maximum absolute atomic E-state index is 15.0. The Balaban J connectivity index is 0.000000170. The zero-order valence-corrected chi connectivity index (χ0v) is 44.0. The molecular formula is C63H57F9O6. The number of benzene rings is 9. The first-order valence-corrected chi connectivity index (χ1v) is 25.0. The van der Waals surface area contributed by atoms with E-state index >= 15 is 4.39 Å². The molecule has 0 saturated heterocycles. The smallest absolute Gasteiger partial charge is 0.201 e. The van der Waals surface area contributed by atoms with E-state index in [0.717, 1.165) is 6.42 Å². The van der Waals surface area contributed by atoms with Gasteiger partial charge in [0.2, 0.25) is 5.82 Å². The van der Waals surface area contributed by atoms with Gasteiger partial charge in [0.25, 0.3) is 0 Å². The summed E-state index contributed by atoms with van der Waals surface area (Å²) < 4.78 is 162. The van der Waals surface area contributed by atoms with Gasteiger partial charge in [-0.3, -0.25) is 0 Å². The second-order valence-corrected chi connectivity index (χ2v) is 18.4. The van der Waals surface area contributed by atoms with Crippen molar-refractivity contribution in [3.8, 4) is 56.4 Å². The Morgan fingerprint density at radius 1 is 0.372 bits per heavy atom. The van der Waals surface area contributed by atoms with Crippen LogP contribution < -0.4 is 18.9 Å². The Bertz CT molecular complexity index is 3520. The van der Waals surface area contributed by atoms with Gasteiger partial charge in [-0.1, -0.05) is 93.6 Å². The summed E-state index contributed by atoms with van der Waals surface area (Å²) in [5, 5.41) is -0.187. The van der Waals surface area contributed by atoms with Crippen molar-refractivity contribution in [3.05, 3.63) is 191 Å². The lowest BCUT2D eigenvalue weighted by Gasteiger charge is -2.12. The normalized spacial score (nSPS) is 11.1. The summed E-state index contributed by atoms with van der Waals surface area (Å²) in [6.07, 6.45) is 1.33. The van der Waals surface area contributed by atoms with Crippen molar-refractivity contribution in [3.63, 3.8) is 0 Å². The van der Waals surface area contributed by atoms with Gasteiger partial charge < -0.3 is 28.4 Å². The second-order valence-electron chi connectivity index (χ2n) is 18.4. The number of rotatable bonds is 17. The number of hydrogen-bond acceptors (Lipinski definition) is 6. The SMILES string of the molecule is CCCOc1ccc(-c2ccc3cc(CCOC)c(F)c(F)c3c2F)cc1.COCCc1cc2ccc(-c3ccc(OC)cc3)c(F)c2c(F)c1F.COc1cc2ccc(-c3ccc(OCC(C)C)cc3)c(F)c2c(F)c1F. The molecule has 9 aromatic carbocycles. The fraction of sp³-hybridized carbons (Fsp3) is 0.238. The monoisotopic (exact) mass is 1080 g/mol. The summed E-state index contributed by atoms with van der Waals surface area (Å²) in [4.78, 5) is 0. The molecule has 0 aliphatic rings. The van der Waals surface area contributed by atoms with Gasteiger partial charge in [-0.05, 0) is 124 Å². The van der Waals surface area contributed by atoms with Gasteiger partial charge in [0.05, 0.1) is 56.8 Å². The van der Waals surface area contributed by atoms with E-state index in [9.17, 15) is 35.1 Å². The van der Waals surface area contributed by atoms with Crippen molar-refractivity contribution in [1.29, 1.82) is 0 Å². The summed E-state index contributed by atoms with van der Waals surface area (Å²) in [5.41, 5.74) is 2.64. The lowest BCUT2D eigenvalue weighted by Crippen LogP contribution is -2.04. The Morgan fingerprint density at radius 2 is 0.744 bits per heavy atom. The molecule has 0 unspecified atom stereocenters. The van der Waals surface area contributed by atoms with E-state index < -0.39 is 52.4 Å². The molecule has 0 saturated carbocycles. The number of ether oxygens (including phenoxy) is 6. The minimum atomic E-state index is -1.25. The summed E-state index contributed by atoms with van der Waals surface area (Å²) in [6.45, 7) is 7.79. The van der Waals surface area contributed by atoms with Crippen LogP contribution in [0.1, 0.15) is 38.3 Å². The van der Waals surface area contributed by atoms with Crippen LogP contribution in [0, 0.1) is 58.3 Å². The van der Waals surface area contributed by atoms with E-state index in [2.05, 4.69) is 0 Å². The highest BCUT2D eigenvalue weighted by molar-refractivity contribution is 5.92. The largest absolute Gasteiger partial charge is 0.497 e. The summed E-state index contributed by atoms with van der Waals surface area (Å²) in [6, 6.07) is 34.1. The van der Waals surface area contributed by atoms with Gasteiger partial charge in [-0.25, -0.2) is 35.1 Å². The highest BCUT2D eigenvalue weighted by Crippen LogP contribution is 2.38. The molecule has 6 nitrogen and oxygen atoms in total. The van der Waals surface area contributed by atoms with Crippen molar-refractivity contribution < 1.29 is 67.9 Å². The zero-order valence-electron chi connectivity index (χ0n) is 44.0. The maximum atomic E-state index is 15.0. The molecule has 0 bridgehead atoms. The molecule has 0 heterocycles. The first-order chi connectivity index (χ1) is 37.5. The lowest BCUT2D eigenvalue weighted by atomic mass is 9.97. The third-order valence-electron chi connectivity index (χ3n) is 12.6. The van der Waals surface area contributed by atoms with Crippen molar-refractivity contribution in [1.82, 2.24) is 0 Å². The Kier molecular flexibility index (Phi) is 19.7. The molecule has 0 amide bonds. The number of fused-ring (bicyclic) bond motifs is 3. The van der Waals surface area contributed by atoms with E-state index in [0.29, 0.717) is 63.8 Å². The minimum absolute atomic E-state index is 0.170. The van der Waals surface area contributed by atoms with Gasteiger partial charge in [0.15, 0.2) is 34.8 Å². The molecule has 408 valence electrons. The molecule has 0 aromatic heterocycles. The van der Waals surface area contributed by atoms with Crippen LogP contribution in [-0.2, 0) is 22.3 Å². The van der Waals surface area contributed by atoms with Crippen LogP contribution in [0.2, 0.25) is 0 Å². The molecule has 0 N–H and O–H groups in total. The van der Waals surface area contributed by atoms with Gasteiger partial charge in [0, 0.05) is 30.9 Å². The Labute approximate surface area is 446 Å². The number of halogens is 9. The van der Waals surface area contributed by atoms with Crippen LogP contribution in [0.5, 0.6) is 23.0 Å². The van der Waals surface area contributed by atoms with Gasteiger partial charge in [0.1, 0.15) is 34.7 Å². The molecule has 0 aliphatic carbocycles. The molecular weight excluding hydrogens is 1020 g/mol. The van der Waals surface area contributed by atoms with Gasteiger partial charge >= 0.3 is 0 Å². The zero-order chi connectivity index (χ0) is 56.2. The molecule has 0 spiro atoms. The summed E-state index contributed by atoms with van der Waals surface area (Å²) in [5.74, 6) is -7.09. The molecule has 9 aromatic rings. The third kappa shape index (κ3) is 13.0. The van der Waals surface area contributed by atoms with Crippen molar-refractivity contribution in [2.24, 2.45) is 5.92 Å². The van der Waals surface area contributed by atoms with Crippen LogP contribution in [0.4, 0.5) is 39.5 Å². The van der Waals surface area contributed by atoms with Gasteiger partial charge in [-0.2, -0.15) is 4.39 Å². The molecule has 0 fully saturated rings. The lowest BCUT2D eigenvalue weighted by molar-refractivity contribution is 0.201. The molecule has 9 rings (SSSR count). The van der Waals surface area contributed by atoms with E-state index in [1.165, 1.54) is 46.6 Å². The van der Waals surface area contributed by atoms with E-state index in [1.54, 1.807) is 109 Å². The van der Waals surface area contributed by atoms with Crippen LogP contribution in [0.3, 0.4) is 0 Å². The third-order valence-corrected chi connectivity index (χ3v) is 12.6. The van der Waals surface area contributed by atoms with Crippen LogP contribution >= 0.6 is 0 Å². The fourth-order valence-corrected chi connectivity index (χ4v) is 8.55. The molecule has 0 radical (unpaired) electrons. The second kappa shape index (κ2) is 26.5. The average molecular weight is 1080 g/mol. The first kappa shape index (κ1) is 57.9. The molecule has 15 heteroatoms. The van der Waals surface area contributed by atoms with Gasteiger partial charge in [-0.15, -0.1) is 0 Å². The summed E-state index contributed by atoms with van der Waals surface area (Å²) in [7, 11) is 5.73. The molecule has 0 atom stereocenters. The van der Waals surface area contributed by atoms with Crippen LogP contribution in [0.15, 0.2) is 127 Å². The maximum Gasteiger partial charge on any atom is 0.201 e. The van der Waals surface area contributed by atoms with Crippen LogP contribution in [-0.4, -0.2) is 54.9 Å².